The second kappa shape index (κ2) is 5.23. The molecule has 3 nitrogen and oxygen atoms in total. The van der Waals surface area contributed by atoms with Gasteiger partial charge in [0.2, 0.25) is 0 Å². The molecule has 1 aliphatic carbocycles. The van der Waals surface area contributed by atoms with Crippen LogP contribution in [-0.2, 0) is 6.42 Å². The second-order valence-corrected chi connectivity index (χ2v) is 5.06. The van der Waals surface area contributed by atoms with Gasteiger partial charge in [0.05, 0.1) is 11.9 Å². The molecule has 1 aromatic rings. The number of hydrogen-bond acceptors (Lipinski definition) is 3. The molecule has 0 radical (unpaired) electrons. The van der Waals surface area contributed by atoms with Gasteiger partial charge in [-0.15, -0.1) is 0 Å². The molecule has 1 atom stereocenters. The Morgan fingerprint density at radius 3 is 2.94 bits per heavy atom. The summed E-state index contributed by atoms with van der Waals surface area (Å²) in [4.78, 5) is 0. The molecule has 0 aliphatic heterocycles. The lowest BCUT2D eigenvalue weighted by Crippen LogP contribution is -2.41. The van der Waals surface area contributed by atoms with E-state index in [4.69, 9.17) is 4.42 Å². The van der Waals surface area contributed by atoms with Gasteiger partial charge >= 0.3 is 0 Å². The molecule has 3 heteroatoms. The monoisotopic (exact) mass is 237 g/mol. The van der Waals surface area contributed by atoms with E-state index >= 15 is 0 Å². The van der Waals surface area contributed by atoms with Crippen LogP contribution in [0.2, 0.25) is 0 Å². The van der Waals surface area contributed by atoms with E-state index in [1.807, 2.05) is 13.8 Å². The Labute approximate surface area is 103 Å². The molecule has 17 heavy (non-hydrogen) atoms. The number of aliphatic hydroxyl groups is 1. The van der Waals surface area contributed by atoms with E-state index in [-0.39, 0.29) is 0 Å². The number of rotatable bonds is 5. The lowest BCUT2D eigenvalue weighted by molar-refractivity contribution is 0.0292. The normalized spacial score (nSPS) is 20.3. The van der Waals surface area contributed by atoms with E-state index in [2.05, 4.69) is 11.4 Å². The topological polar surface area (TPSA) is 45.4 Å². The fraction of sp³-hybridized carbons (Fsp3) is 0.714. The minimum Gasteiger partial charge on any atom is -0.469 e. The third-order valence-electron chi connectivity index (χ3n) is 4.05. The summed E-state index contributed by atoms with van der Waals surface area (Å²) in [6.45, 7) is 4.74. The highest BCUT2D eigenvalue weighted by molar-refractivity contribution is 5.24. The molecule has 0 amide bonds. The summed E-state index contributed by atoms with van der Waals surface area (Å²) >= 11 is 0. The van der Waals surface area contributed by atoms with Crippen molar-refractivity contribution in [2.24, 2.45) is 0 Å². The summed E-state index contributed by atoms with van der Waals surface area (Å²) in [5.41, 5.74) is 0.715. The van der Waals surface area contributed by atoms with Gasteiger partial charge in [0, 0.05) is 24.6 Å². The number of furan rings is 1. The first-order chi connectivity index (χ1) is 8.18. The maximum Gasteiger partial charge on any atom is 0.108 e. The van der Waals surface area contributed by atoms with Crippen molar-refractivity contribution in [1.82, 2.24) is 5.32 Å². The van der Waals surface area contributed by atoms with Crippen LogP contribution in [0, 0.1) is 0 Å². The summed E-state index contributed by atoms with van der Waals surface area (Å²) in [6, 6.07) is 2.41. The second-order valence-electron chi connectivity index (χ2n) is 5.06. The minimum absolute atomic E-state index is 0.349. The van der Waals surface area contributed by atoms with Crippen LogP contribution >= 0.6 is 0 Å². The molecule has 2 N–H and O–H groups in total. The fourth-order valence-electron chi connectivity index (χ4n) is 2.51. The predicted octanol–water partition coefficient (Wildman–Crippen LogP) is 2.80. The Bertz CT molecular complexity index is 355. The van der Waals surface area contributed by atoms with Crippen LogP contribution in [0.3, 0.4) is 0 Å². The zero-order valence-electron chi connectivity index (χ0n) is 10.8. The van der Waals surface area contributed by atoms with E-state index in [1.54, 1.807) is 6.26 Å². The molecule has 0 spiro atoms. The first-order valence-electron chi connectivity index (χ1n) is 6.70. The van der Waals surface area contributed by atoms with Crippen molar-refractivity contribution in [2.75, 3.05) is 6.54 Å². The van der Waals surface area contributed by atoms with Gasteiger partial charge in [-0.2, -0.15) is 0 Å². The predicted molar refractivity (Wildman–Crippen MR) is 67.9 cm³/mol. The van der Waals surface area contributed by atoms with Gasteiger partial charge in [-0.1, -0.05) is 13.8 Å². The van der Waals surface area contributed by atoms with E-state index < -0.39 is 5.60 Å². The van der Waals surface area contributed by atoms with Crippen LogP contribution in [0.4, 0.5) is 0 Å². The molecule has 0 aromatic carbocycles. The highest BCUT2D eigenvalue weighted by Crippen LogP contribution is 2.30. The zero-order chi connectivity index (χ0) is 12.3. The Kier molecular flexibility index (Phi) is 3.89. The van der Waals surface area contributed by atoms with Crippen LogP contribution in [0.1, 0.15) is 56.9 Å². The zero-order valence-corrected chi connectivity index (χ0v) is 10.8. The molecule has 1 aliphatic rings. The lowest BCUT2D eigenvalue weighted by Gasteiger charge is -2.30. The molecule has 0 saturated carbocycles. The Morgan fingerprint density at radius 1 is 1.47 bits per heavy atom. The summed E-state index contributed by atoms with van der Waals surface area (Å²) in [5, 5.41) is 13.8. The van der Waals surface area contributed by atoms with Crippen molar-refractivity contribution >= 4 is 0 Å². The molecule has 96 valence electrons. The van der Waals surface area contributed by atoms with Gasteiger partial charge in [0.25, 0.3) is 0 Å². The quantitative estimate of drug-likeness (QED) is 0.827. The van der Waals surface area contributed by atoms with Gasteiger partial charge in [-0.3, -0.25) is 0 Å². The van der Waals surface area contributed by atoms with Crippen molar-refractivity contribution < 1.29 is 9.52 Å². The number of fused-ring (bicyclic) bond motifs is 1. The van der Waals surface area contributed by atoms with Crippen LogP contribution in [-0.4, -0.2) is 17.3 Å². The number of aryl methyl sites for hydroxylation is 1. The maximum absolute atomic E-state index is 10.3. The minimum atomic E-state index is -0.568. The van der Waals surface area contributed by atoms with Crippen LogP contribution in [0.15, 0.2) is 16.7 Å². The lowest BCUT2D eigenvalue weighted by atomic mass is 9.91. The molecular weight excluding hydrogens is 214 g/mol. The Morgan fingerprint density at radius 2 is 2.24 bits per heavy atom. The van der Waals surface area contributed by atoms with E-state index in [0.29, 0.717) is 12.6 Å². The van der Waals surface area contributed by atoms with E-state index in [1.165, 1.54) is 5.56 Å². The average Bonchev–Trinajstić information content (AvgIpc) is 2.84. The summed E-state index contributed by atoms with van der Waals surface area (Å²) in [5.74, 6) is 1.12. The Hall–Kier alpha value is -0.800. The first-order valence-corrected chi connectivity index (χ1v) is 6.70. The third-order valence-corrected chi connectivity index (χ3v) is 4.05. The molecule has 0 fully saturated rings. The van der Waals surface area contributed by atoms with Crippen LogP contribution in [0.5, 0.6) is 0 Å². The van der Waals surface area contributed by atoms with Gasteiger partial charge in [-0.05, 0) is 31.7 Å². The molecule has 1 aromatic heterocycles. The Balaban J connectivity index is 1.98. The standard InChI is InChI=1S/C14H23NO2/c1-3-14(16,4-2)10-15-12-6-5-7-13-11(12)8-9-17-13/h8-9,12,15-16H,3-7,10H2,1-2H3. The SMILES string of the molecule is CCC(O)(CC)CNC1CCCc2occc21. The number of nitrogens with one attached hydrogen (secondary N) is 1. The molecule has 1 unspecified atom stereocenters. The van der Waals surface area contributed by atoms with Gasteiger partial charge < -0.3 is 14.8 Å². The molecular formula is C14H23NO2. The van der Waals surface area contributed by atoms with Crippen LogP contribution in [0.25, 0.3) is 0 Å². The summed E-state index contributed by atoms with van der Waals surface area (Å²) < 4.78 is 5.47. The van der Waals surface area contributed by atoms with Crippen molar-refractivity contribution in [1.29, 1.82) is 0 Å². The maximum atomic E-state index is 10.3. The van der Waals surface area contributed by atoms with Crippen molar-refractivity contribution in [2.45, 2.75) is 57.6 Å². The van der Waals surface area contributed by atoms with Gasteiger partial charge in [0.1, 0.15) is 5.76 Å². The van der Waals surface area contributed by atoms with Gasteiger partial charge in [0.15, 0.2) is 0 Å². The molecule has 0 saturated heterocycles. The number of hydrogen-bond donors (Lipinski definition) is 2. The summed E-state index contributed by atoms with van der Waals surface area (Å²) in [7, 11) is 0. The van der Waals surface area contributed by atoms with Gasteiger partial charge in [-0.25, -0.2) is 0 Å². The summed E-state index contributed by atoms with van der Waals surface area (Å²) in [6.07, 6.45) is 6.71. The largest absolute Gasteiger partial charge is 0.469 e. The van der Waals surface area contributed by atoms with Crippen LogP contribution < -0.4 is 5.32 Å². The highest BCUT2D eigenvalue weighted by Gasteiger charge is 2.27. The van der Waals surface area contributed by atoms with Crippen molar-refractivity contribution in [3.05, 3.63) is 23.7 Å². The molecule has 1 heterocycles. The fourth-order valence-corrected chi connectivity index (χ4v) is 2.51. The van der Waals surface area contributed by atoms with Crippen molar-refractivity contribution in [3.63, 3.8) is 0 Å². The first kappa shape index (κ1) is 12.7. The van der Waals surface area contributed by atoms with Crippen molar-refractivity contribution in [3.8, 4) is 0 Å². The molecule has 2 rings (SSSR count). The van der Waals surface area contributed by atoms with E-state index in [9.17, 15) is 5.11 Å². The van der Waals surface area contributed by atoms with E-state index in [0.717, 1.165) is 37.9 Å². The average molecular weight is 237 g/mol. The smallest absolute Gasteiger partial charge is 0.108 e. The highest BCUT2D eigenvalue weighted by atomic mass is 16.3. The third kappa shape index (κ3) is 2.72. The molecule has 0 bridgehead atoms.